The third kappa shape index (κ3) is 2.63. The second-order valence-corrected chi connectivity index (χ2v) is 5.32. The molecule has 122 valence electrons. The van der Waals surface area contributed by atoms with Gasteiger partial charge in [-0.1, -0.05) is 0 Å². The van der Waals surface area contributed by atoms with Gasteiger partial charge in [0.2, 0.25) is 0 Å². The highest BCUT2D eigenvalue weighted by Crippen LogP contribution is 2.30. The summed E-state index contributed by atoms with van der Waals surface area (Å²) in [6, 6.07) is 4.20. The minimum absolute atomic E-state index is 0.0147. The van der Waals surface area contributed by atoms with Gasteiger partial charge in [-0.15, -0.1) is 0 Å². The van der Waals surface area contributed by atoms with Crippen molar-refractivity contribution < 1.29 is 28.6 Å². The Morgan fingerprint density at radius 1 is 1.39 bits per heavy atom. The summed E-state index contributed by atoms with van der Waals surface area (Å²) in [7, 11) is 1.54. The van der Waals surface area contributed by atoms with Crippen LogP contribution < -0.4 is 4.74 Å². The standard InChI is InChI=1S/C16H17NO6/c1-9-14(11-7-10(21-2)3-4-13(11)23-9)15(18)17-5-6-22-8-12(17)16(19)20/h3-4,7,12H,5-6,8H2,1-2H3,(H,19,20). The normalized spacial score (nSPS) is 18.2. The van der Waals surface area contributed by atoms with E-state index in [0.717, 1.165) is 0 Å². The monoisotopic (exact) mass is 319 g/mol. The number of hydrogen-bond donors (Lipinski definition) is 1. The number of nitrogens with zero attached hydrogens (tertiary/aromatic N) is 1. The van der Waals surface area contributed by atoms with E-state index in [1.807, 2.05) is 0 Å². The molecule has 1 aliphatic rings. The molecule has 2 aromatic rings. The zero-order chi connectivity index (χ0) is 16.6. The minimum Gasteiger partial charge on any atom is -0.497 e. The van der Waals surface area contributed by atoms with Crippen molar-refractivity contribution in [2.45, 2.75) is 13.0 Å². The molecule has 1 atom stereocenters. The lowest BCUT2D eigenvalue weighted by Gasteiger charge is -2.32. The van der Waals surface area contributed by atoms with Crippen LogP contribution >= 0.6 is 0 Å². The van der Waals surface area contributed by atoms with E-state index in [0.29, 0.717) is 34.6 Å². The van der Waals surface area contributed by atoms with Crippen LogP contribution in [0.5, 0.6) is 5.75 Å². The van der Waals surface area contributed by atoms with Gasteiger partial charge in [0.25, 0.3) is 5.91 Å². The van der Waals surface area contributed by atoms with Gasteiger partial charge in [0, 0.05) is 11.9 Å². The van der Waals surface area contributed by atoms with E-state index in [4.69, 9.17) is 13.9 Å². The highest BCUT2D eigenvalue weighted by atomic mass is 16.5. The van der Waals surface area contributed by atoms with Gasteiger partial charge in [0.15, 0.2) is 6.04 Å². The Hall–Kier alpha value is -2.54. The van der Waals surface area contributed by atoms with Crippen molar-refractivity contribution in [3.8, 4) is 5.75 Å². The molecule has 0 radical (unpaired) electrons. The van der Waals surface area contributed by atoms with Crippen LogP contribution in [-0.4, -0.2) is 54.8 Å². The van der Waals surface area contributed by atoms with E-state index < -0.39 is 12.0 Å². The average molecular weight is 319 g/mol. The SMILES string of the molecule is COc1ccc2oc(C)c(C(=O)N3CCOCC3C(=O)O)c2c1. The van der Waals surface area contributed by atoms with Gasteiger partial charge in [-0.05, 0) is 25.1 Å². The molecule has 0 aliphatic carbocycles. The number of aryl methyl sites for hydroxylation is 1. The van der Waals surface area contributed by atoms with E-state index in [2.05, 4.69) is 0 Å². The van der Waals surface area contributed by atoms with Crippen LogP contribution in [-0.2, 0) is 9.53 Å². The number of fused-ring (bicyclic) bond motifs is 1. The molecule has 1 aromatic carbocycles. The quantitative estimate of drug-likeness (QED) is 0.926. The number of amides is 1. The first-order chi connectivity index (χ1) is 11.0. The van der Waals surface area contributed by atoms with Gasteiger partial charge in [-0.3, -0.25) is 4.79 Å². The Labute approximate surface area is 132 Å². The molecule has 1 fully saturated rings. The number of furan rings is 1. The van der Waals surface area contributed by atoms with Crippen molar-refractivity contribution in [2.24, 2.45) is 0 Å². The number of carboxylic acids is 1. The molecule has 7 heteroatoms. The molecule has 1 unspecified atom stereocenters. The van der Waals surface area contributed by atoms with Crippen molar-refractivity contribution in [2.75, 3.05) is 26.9 Å². The molecule has 7 nitrogen and oxygen atoms in total. The molecule has 3 rings (SSSR count). The molecular formula is C16H17NO6. The number of carbonyl (C=O) groups is 2. The van der Waals surface area contributed by atoms with E-state index in [1.54, 1.807) is 25.1 Å². The summed E-state index contributed by atoms with van der Waals surface area (Å²) in [6.45, 7) is 2.22. The Kier molecular flexibility index (Phi) is 3.96. The van der Waals surface area contributed by atoms with Crippen LogP contribution in [0.3, 0.4) is 0 Å². The van der Waals surface area contributed by atoms with E-state index in [-0.39, 0.29) is 19.1 Å². The number of benzene rings is 1. The maximum absolute atomic E-state index is 12.9. The molecule has 2 heterocycles. The molecule has 0 spiro atoms. The second kappa shape index (κ2) is 5.92. The Balaban J connectivity index is 2.06. The maximum atomic E-state index is 12.9. The highest BCUT2D eigenvalue weighted by Gasteiger charge is 2.35. The van der Waals surface area contributed by atoms with Crippen LogP contribution in [0, 0.1) is 6.92 Å². The van der Waals surface area contributed by atoms with Crippen molar-refractivity contribution >= 4 is 22.8 Å². The Morgan fingerprint density at radius 2 is 2.17 bits per heavy atom. The first kappa shape index (κ1) is 15.4. The molecule has 0 bridgehead atoms. The number of carboxylic acid groups (broad SMARTS) is 1. The van der Waals surface area contributed by atoms with Gasteiger partial charge in [0.05, 0.1) is 25.9 Å². The van der Waals surface area contributed by atoms with Crippen LogP contribution in [0.2, 0.25) is 0 Å². The lowest BCUT2D eigenvalue weighted by atomic mass is 10.1. The van der Waals surface area contributed by atoms with Crippen molar-refractivity contribution in [1.82, 2.24) is 4.90 Å². The van der Waals surface area contributed by atoms with E-state index >= 15 is 0 Å². The summed E-state index contributed by atoms with van der Waals surface area (Å²) in [6.07, 6.45) is 0. The highest BCUT2D eigenvalue weighted by molar-refractivity contribution is 6.08. The number of methoxy groups -OCH3 is 1. The van der Waals surface area contributed by atoms with Gasteiger partial charge < -0.3 is 23.9 Å². The number of morpholine rings is 1. The maximum Gasteiger partial charge on any atom is 0.328 e. The zero-order valence-electron chi connectivity index (χ0n) is 12.9. The summed E-state index contributed by atoms with van der Waals surface area (Å²) < 4.78 is 16.0. The molecule has 1 saturated heterocycles. The van der Waals surface area contributed by atoms with Crippen molar-refractivity contribution in [3.63, 3.8) is 0 Å². The molecular weight excluding hydrogens is 302 g/mol. The number of hydrogen-bond acceptors (Lipinski definition) is 5. The fourth-order valence-corrected chi connectivity index (χ4v) is 2.79. The predicted molar refractivity (Wildman–Crippen MR) is 80.8 cm³/mol. The number of carbonyl (C=O) groups excluding carboxylic acids is 1. The Morgan fingerprint density at radius 3 is 2.87 bits per heavy atom. The molecule has 0 saturated carbocycles. The number of ether oxygens (including phenoxy) is 2. The summed E-state index contributed by atoms with van der Waals surface area (Å²) >= 11 is 0. The van der Waals surface area contributed by atoms with Crippen LogP contribution in [0.1, 0.15) is 16.1 Å². The summed E-state index contributed by atoms with van der Waals surface area (Å²) in [5.41, 5.74) is 0.929. The predicted octanol–water partition coefficient (Wildman–Crippen LogP) is 1.68. The largest absolute Gasteiger partial charge is 0.497 e. The topological polar surface area (TPSA) is 89.2 Å². The van der Waals surface area contributed by atoms with Crippen LogP contribution in [0.4, 0.5) is 0 Å². The van der Waals surface area contributed by atoms with Gasteiger partial charge in [0.1, 0.15) is 17.1 Å². The van der Waals surface area contributed by atoms with Gasteiger partial charge >= 0.3 is 5.97 Å². The van der Waals surface area contributed by atoms with Gasteiger partial charge in [-0.25, -0.2) is 4.79 Å². The number of aliphatic carboxylic acids is 1. The first-order valence-electron chi connectivity index (χ1n) is 7.21. The zero-order valence-corrected chi connectivity index (χ0v) is 12.9. The smallest absolute Gasteiger partial charge is 0.328 e. The average Bonchev–Trinajstić information content (AvgIpc) is 2.88. The molecule has 23 heavy (non-hydrogen) atoms. The molecule has 1 amide bonds. The van der Waals surface area contributed by atoms with E-state index in [1.165, 1.54) is 12.0 Å². The summed E-state index contributed by atoms with van der Waals surface area (Å²) in [5.74, 6) is -0.399. The van der Waals surface area contributed by atoms with Crippen LogP contribution in [0.25, 0.3) is 11.0 Å². The molecule has 1 N–H and O–H groups in total. The van der Waals surface area contributed by atoms with E-state index in [9.17, 15) is 14.7 Å². The Bertz CT molecular complexity index is 765. The van der Waals surface area contributed by atoms with Crippen LogP contribution in [0.15, 0.2) is 22.6 Å². The van der Waals surface area contributed by atoms with Gasteiger partial charge in [-0.2, -0.15) is 0 Å². The first-order valence-corrected chi connectivity index (χ1v) is 7.21. The third-order valence-corrected chi connectivity index (χ3v) is 3.96. The summed E-state index contributed by atoms with van der Waals surface area (Å²) in [5, 5.41) is 9.92. The summed E-state index contributed by atoms with van der Waals surface area (Å²) in [4.78, 5) is 25.6. The van der Waals surface area contributed by atoms with Crippen molar-refractivity contribution in [1.29, 1.82) is 0 Å². The third-order valence-electron chi connectivity index (χ3n) is 3.96. The van der Waals surface area contributed by atoms with Crippen molar-refractivity contribution in [3.05, 3.63) is 29.5 Å². The fraction of sp³-hybridized carbons (Fsp3) is 0.375. The minimum atomic E-state index is -1.08. The lowest BCUT2D eigenvalue weighted by Crippen LogP contribution is -2.52. The lowest BCUT2D eigenvalue weighted by molar-refractivity contribution is -0.147. The number of rotatable bonds is 3. The fourth-order valence-electron chi connectivity index (χ4n) is 2.79. The second-order valence-electron chi connectivity index (χ2n) is 5.32. The molecule has 1 aromatic heterocycles. The molecule has 1 aliphatic heterocycles.